The molecule has 0 amide bonds. The summed E-state index contributed by atoms with van der Waals surface area (Å²) in [5.41, 5.74) is 1.46. The lowest BCUT2D eigenvalue weighted by molar-refractivity contribution is -0.139. The molecule has 15 heteroatoms. The average molecular weight is 731 g/mol. The Hall–Kier alpha value is -3.70. The van der Waals surface area contributed by atoms with Gasteiger partial charge in [-0.15, -0.1) is 0 Å². The molecular weight excluding hydrogens is 676 g/mol. The van der Waals surface area contributed by atoms with Crippen molar-refractivity contribution in [3.8, 4) is 11.4 Å². The number of nitrogens with zero attached hydrogens (tertiary/aromatic N) is 3. The SMILES string of the molecule is COCCOCCOCCOCCOCCOCCOCCOC(=O)/C=C/c1ccc(-c2nc3c(c(=O)[nH]c(=O)n3CC3CCCCC3)n2C)cc1. The summed E-state index contributed by atoms with van der Waals surface area (Å²) >= 11 is 0. The van der Waals surface area contributed by atoms with Crippen molar-refractivity contribution in [2.24, 2.45) is 13.0 Å². The number of fused-ring (bicyclic) bond motifs is 1. The highest BCUT2D eigenvalue weighted by atomic mass is 16.6. The van der Waals surface area contributed by atoms with Crippen molar-refractivity contribution in [2.45, 2.75) is 38.6 Å². The van der Waals surface area contributed by atoms with Crippen molar-refractivity contribution in [3.05, 3.63) is 56.7 Å². The lowest BCUT2D eigenvalue weighted by Gasteiger charge is -2.22. The summed E-state index contributed by atoms with van der Waals surface area (Å²) in [4.78, 5) is 44.9. The maximum atomic E-state index is 12.8. The Bertz CT molecular complexity index is 1610. The normalized spacial score (nSPS) is 13.8. The van der Waals surface area contributed by atoms with Crippen LogP contribution in [0.25, 0.3) is 28.6 Å². The molecule has 0 aliphatic heterocycles. The van der Waals surface area contributed by atoms with Gasteiger partial charge >= 0.3 is 11.7 Å². The summed E-state index contributed by atoms with van der Waals surface area (Å²) in [5.74, 6) is 0.491. The zero-order chi connectivity index (χ0) is 36.8. The number of ether oxygens (including phenoxy) is 8. The van der Waals surface area contributed by atoms with Gasteiger partial charge in [0, 0.05) is 32.3 Å². The van der Waals surface area contributed by atoms with Crippen molar-refractivity contribution in [1.82, 2.24) is 19.1 Å². The molecule has 1 aliphatic rings. The van der Waals surface area contributed by atoms with Crippen molar-refractivity contribution in [2.75, 3.05) is 99.6 Å². The summed E-state index contributed by atoms with van der Waals surface area (Å²) < 4.78 is 46.0. The maximum absolute atomic E-state index is 12.8. The Morgan fingerprint density at radius 1 is 0.769 bits per heavy atom. The summed E-state index contributed by atoms with van der Waals surface area (Å²) in [6.45, 7) is 6.76. The first-order valence-corrected chi connectivity index (χ1v) is 18.1. The van der Waals surface area contributed by atoms with Gasteiger partial charge in [-0.05, 0) is 30.4 Å². The maximum Gasteiger partial charge on any atom is 0.330 e. The number of aromatic amines is 1. The molecule has 0 atom stereocenters. The third-order valence-electron chi connectivity index (χ3n) is 8.52. The number of methoxy groups -OCH3 is 1. The Morgan fingerprint density at radius 3 is 1.83 bits per heavy atom. The summed E-state index contributed by atoms with van der Waals surface area (Å²) in [5, 5.41) is 0. The monoisotopic (exact) mass is 730 g/mol. The second-order valence-corrected chi connectivity index (χ2v) is 12.3. The molecule has 52 heavy (non-hydrogen) atoms. The molecule has 2 heterocycles. The van der Waals surface area contributed by atoms with Crippen molar-refractivity contribution < 1.29 is 42.7 Å². The second kappa shape index (κ2) is 23.8. The van der Waals surface area contributed by atoms with Gasteiger partial charge in [-0.3, -0.25) is 14.3 Å². The summed E-state index contributed by atoms with van der Waals surface area (Å²) in [6.07, 6.45) is 8.70. The van der Waals surface area contributed by atoms with Crippen LogP contribution in [-0.4, -0.2) is 125 Å². The molecule has 1 saturated carbocycles. The molecule has 2 aromatic heterocycles. The largest absolute Gasteiger partial charge is 0.460 e. The van der Waals surface area contributed by atoms with E-state index in [9.17, 15) is 14.4 Å². The first-order chi connectivity index (χ1) is 25.5. The topological polar surface area (TPSA) is 164 Å². The molecule has 3 aromatic rings. The molecule has 288 valence electrons. The van der Waals surface area contributed by atoms with Crippen molar-refractivity contribution in [3.63, 3.8) is 0 Å². The van der Waals surface area contributed by atoms with Gasteiger partial charge in [0.25, 0.3) is 5.56 Å². The highest BCUT2D eigenvalue weighted by Gasteiger charge is 2.21. The minimum absolute atomic E-state index is 0.121. The number of hydrogen-bond donors (Lipinski definition) is 1. The number of H-pyrrole nitrogens is 1. The van der Waals surface area contributed by atoms with E-state index in [-0.39, 0.29) is 13.2 Å². The van der Waals surface area contributed by atoms with E-state index < -0.39 is 17.2 Å². The number of carbonyl (C=O) groups is 1. The number of carbonyl (C=O) groups excluding carboxylic acids is 1. The highest BCUT2D eigenvalue weighted by Crippen LogP contribution is 2.27. The van der Waals surface area contributed by atoms with Crippen LogP contribution < -0.4 is 11.2 Å². The predicted octanol–water partition coefficient (Wildman–Crippen LogP) is 2.97. The van der Waals surface area contributed by atoms with E-state index in [2.05, 4.69) is 4.98 Å². The predicted molar refractivity (Wildman–Crippen MR) is 194 cm³/mol. The fraction of sp³-hybridized carbons (Fsp3) is 0.622. The number of benzene rings is 1. The quantitative estimate of drug-likeness (QED) is 0.0731. The average Bonchev–Trinajstić information content (AvgIpc) is 3.50. The van der Waals surface area contributed by atoms with Crippen LogP contribution in [0.15, 0.2) is 39.9 Å². The molecular formula is C37H54N4O11. The Kier molecular flexibility index (Phi) is 18.8. The molecule has 15 nitrogen and oxygen atoms in total. The van der Waals surface area contributed by atoms with Gasteiger partial charge < -0.3 is 42.5 Å². The van der Waals surface area contributed by atoms with E-state index in [1.165, 1.54) is 12.5 Å². The fourth-order valence-corrected chi connectivity index (χ4v) is 5.80. The molecule has 1 aliphatic carbocycles. The Morgan fingerprint density at radius 2 is 1.29 bits per heavy atom. The standard InChI is InChI=1S/C37H54N4O11/c1-40-33-35(41(37(44)39-36(33)43)28-30-6-4-3-5-7-30)38-34(40)31-11-8-29(9-12-31)10-13-32(42)52-27-26-51-25-24-50-23-22-49-21-20-48-19-18-47-17-16-46-15-14-45-2/h8-13,30H,3-7,14-28H2,1-2H3,(H,39,43,44)/b13-10+. The van der Waals surface area contributed by atoms with Crippen LogP contribution in [0.2, 0.25) is 0 Å². The van der Waals surface area contributed by atoms with E-state index in [0.717, 1.165) is 36.8 Å². The van der Waals surface area contributed by atoms with E-state index in [1.54, 1.807) is 29.4 Å². The third-order valence-corrected chi connectivity index (χ3v) is 8.52. The number of hydrogen-bond acceptors (Lipinski definition) is 12. The van der Waals surface area contributed by atoms with Gasteiger partial charge in [-0.1, -0.05) is 43.5 Å². The van der Waals surface area contributed by atoms with Gasteiger partial charge in [-0.25, -0.2) is 14.6 Å². The lowest BCUT2D eigenvalue weighted by atomic mass is 9.89. The minimum Gasteiger partial charge on any atom is -0.460 e. The number of aryl methyl sites for hydroxylation is 1. The molecule has 0 spiro atoms. The zero-order valence-corrected chi connectivity index (χ0v) is 30.5. The molecule has 0 radical (unpaired) electrons. The van der Waals surface area contributed by atoms with Crippen molar-refractivity contribution in [1.29, 1.82) is 0 Å². The Balaban J connectivity index is 1.05. The van der Waals surface area contributed by atoms with E-state index in [0.29, 0.717) is 109 Å². The second-order valence-electron chi connectivity index (χ2n) is 12.3. The smallest absolute Gasteiger partial charge is 0.330 e. The fourth-order valence-electron chi connectivity index (χ4n) is 5.80. The first kappa shape index (κ1) is 41.1. The minimum atomic E-state index is -0.480. The third kappa shape index (κ3) is 14.0. The van der Waals surface area contributed by atoms with Crippen LogP contribution in [-0.2, 0) is 56.3 Å². The lowest BCUT2D eigenvalue weighted by Crippen LogP contribution is -2.33. The van der Waals surface area contributed by atoms with Gasteiger partial charge in [0.2, 0.25) is 0 Å². The van der Waals surface area contributed by atoms with Gasteiger partial charge in [0.05, 0.1) is 85.9 Å². The van der Waals surface area contributed by atoms with Gasteiger partial charge in [0.15, 0.2) is 11.2 Å². The van der Waals surface area contributed by atoms with E-state index >= 15 is 0 Å². The van der Waals surface area contributed by atoms with Crippen LogP contribution in [0.5, 0.6) is 0 Å². The molecule has 1 N–H and O–H groups in total. The summed E-state index contributed by atoms with van der Waals surface area (Å²) in [7, 11) is 3.41. The molecule has 1 aromatic carbocycles. The van der Waals surface area contributed by atoms with E-state index in [4.69, 9.17) is 42.9 Å². The van der Waals surface area contributed by atoms with Crippen molar-refractivity contribution >= 4 is 23.2 Å². The van der Waals surface area contributed by atoms with Gasteiger partial charge in [-0.2, -0.15) is 0 Å². The number of rotatable bonds is 26. The number of esters is 1. The number of imidazole rings is 1. The highest BCUT2D eigenvalue weighted by molar-refractivity contribution is 5.87. The number of nitrogens with one attached hydrogen (secondary N) is 1. The Labute approximate surface area is 304 Å². The molecule has 4 rings (SSSR count). The zero-order valence-electron chi connectivity index (χ0n) is 30.5. The number of aromatic nitrogens is 4. The van der Waals surface area contributed by atoms with Crippen LogP contribution in [0, 0.1) is 5.92 Å². The molecule has 0 saturated heterocycles. The van der Waals surface area contributed by atoms with Gasteiger partial charge in [0.1, 0.15) is 12.4 Å². The molecule has 0 bridgehead atoms. The first-order valence-electron chi connectivity index (χ1n) is 18.1. The van der Waals surface area contributed by atoms with Crippen LogP contribution >= 0.6 is 0 Å². The van der Waals surface area contributed by atoms with Crippen LogP contribution in [0.4, 0.5) is 0 Å². The van der Waals surface area contributed by atoms with Crippen LogP contribution in [0.3, 0.4) is 0 Å². The summed E-state index contributed by atoms with van der Waals surface area (Å²) in [6, 6.07) is 7.43. The van der Waals surface area contributed by atoms with E-state index in [1.807, 2.05) is 24.3 Å². The molecule has 1 fully saturated rings. The molecule has 0 unspecified atom stereocenters. The van der Waals surface area contributed by atoms with Crippen LogP contribution in [0.1, 0.15) is 37.7 Å².